The number of ether oxygens (including phenoxy) is 2. The average Bonchev–Trinajstić information content (AvgIpc) is 2.44. The van der Waals surface area contributed by atoms with Crippen molar-refractivity contribution in [1.29, 1.82) is 0 Å². The Kier molecular flexibility index (Phi) is 6.48. The van der Waals surface area contributed by atoms with Crippen LogP contribution in [0.1, 0.15) is 18.3 Å². The maximum Gasteiger partial charge on any atom is 0.148 e. The molecule has 108 valence electrons. The van der Waals surface area contributed by atoms with Crippen LogP contribution in [-0.2, 0) is 15.9 Å². The van der Waals surface area contributed by atoms with Gasteiger partial charge < -0.3 is 20.2 Å². The number of rotatable bonds is 8. The van der Waals surface area contributed by atoms with E-state index in [2.05, 4.69) is 20.7 Å². The highest BCUT2D eigenvalue weighted by molar-refractivity contribution is 5.56. The highest BCUT2D eigenvalue weighted by Crippen LogP contribution is 2.19. The van der Waals surface area contributed by atoms with Gasteiger partial charge in [-0.15, -0.1) is 0 Å². The lowest BCUT2D eigenvalue weighted by molar-refractivity contribution is 0.0365. The smallest absolute Gasteiger partial charge is 0.148 e. The molecule has 0 fully saturated rings. The summed E-state index contributed by atoms with van der Waals surface area (Å²) in [5.74, 6) is 7.59. The number of nitrogens with one attached hydrogen (secondary N) is 2. The molecule has 0 bridgehead atoms. The summed E-state index contributed by atoms with van der Waals surface area (Å²) in [6, 6.07) is 0. The second-order valence-electron chi connectivity index (χ2n) is 4.15. The summed E-state index contributed by atoms with van der Waals surface area (Å²) in [5, 5.41) is 3.25. The van der Waals surface area contributed by atoms with E-state index in [0.717, 1.165) is 23.6 Å². The molecule has 1 unspecified atom stereocenters. The molecule has 0 spiro atoms. The van der Waals surface area contributed by atoms with Gasteiger partial charge >= 0.3 is 0 Å². The van der Waals surface area contributed by atoms with Gasteiger partial charge in [0.1, 0.15) is 17.5 Å². The molecule has 1 heterocycles. The lowest BCUT2D eigenvalue weighted by atomic mass is 10.2. The van der Waals surface area contributed by atoms with Gasteiger partial charge in [0.2, 0.25) is 0 Å². The molecule has 0 saturated heterocycles. The van der Waals surface area contributed by atoms with E-state index >= 15 is 0 Å². The number of aromatic nitrogens is 2. The molecule has 7 heteroatoms. The van der Waals surface area contributed by atoms with Crippen molar-refractivity contribution in [2.75, 3.05) is 38.1 Å². The maximum absolute atomic E-state index is 5.46. The second kappa shape index (κ2) is 7.88. The molecular formula is C12H23N5O2. The number of nitrogens with zero attached hydrogens (tertiary/aromatic N) is 2. The first-order valence-electron chi connectivity index (χ1n) is 6.25. The molecule has 0 aliphatic heterocycles. The normalized spacial score (nSPS) is 12.3. The molecule has 0 saturated carbocycles. The lowest BCUT2D eigenvalue weighted by Gasteiger charge is -2.17. The number of nitrogen functional groups attached to an aromatic ring is 1. The van der Waals surface area contributed by atoms with Crippen LogP contribution >= 0.6 is 0 Å². The van der Waals surface area contributed by atoms with Crippen LogP contribution in [0.5, 0.6) is 0 Å². The number of aryl methyl sites for hydroxylation is 1. The molecule has 0 radical (unpaired) electrons. The van der Waals surface area contributed by atoms with Gasteiger partial charge in [0.05, 0.1) is 12.7 Å². The van der Waals surface area contributed by atoms with Crippen molar-refractivity contribution in [3.05, 3.63) is 11.4 Å². The van der Waals surface area contributed by atoms with Crippen molar-refractivity contribution < 1.29 is 9.47 Å². The van der Waals surface area contributed by atoms with Gasteiger partial charge in [0.25, 0.3) is 0 Å². The molecule has 0 aromatic carbocycles. The monoisotopic (exact) mass is 269 g/mol. The largest absolute Gasteiger partial charge is 0.382 e. The van der Waals surface area contributed by atoms with E-state index in [1.807, 2.05) is 13.8 Å². The van der Waals surface area contributed by atoms with Gasteiger partial charge in [-0.05, 0) is 6.92 Å². The Morgan fingerprint density at radius 1 is 1.26 bits per heavy atom. The van der Waals surface area contributed by atoms with Gasteiger partial charge in [-0.3, -0.25) is 0 Å². The molecule has 7 nitrogen and oxygen atoms in total. The van der Waals surface area contributed by atoms with Crippen molar-refractivity contribution in [2.45, 2.75) is 26.4 Å². The predicted octanol–water partition coefficient (Wildman–Crippen LogP) is 0.706. The van der Waals surface area contributed by atoms with Crippen molar-refractivity contribution in [1.82, 2.24) is 9.97 Å². The van der Waals surface area contributed by atoms with Gasteiger partial charge in [0, 0.05) is 32.7 Å². The minimum atomic E-state index is -0.0290. The third kappa shape index (κ3) is 4.30. The van der Waals surface area contributed by atoms with Crippen LogP contribution in [0.4, 0.5) is 11.6 Å². The fourth-order valence-corrected chi connectivity index (χ4v) is 1.64. The quantitative estimate of drug-likeness (QED) is 0.472. The van der Waals surface area contributed by atoms with Crippen molar-refractivity contribution in [3.63, 3.8) is 0 Å². The van der Waals surface area contributed by atoms with E-state index in [0.29, 0.717) is 19.0 Å². The average molecular weight is 269 g/mol. The van der Waals surface area contributed by atoms with Crippen molar-refractivity contribution in [3.8, 4) is 0 Å². The summed E-state index contributed by atoms with van der Waals surface area (Å²) < 4.78 is 10.4. The Morgan fingerprint density at radius 3 is 2.47 bits per heavy atom. The molecular weight excluding hydrogens is 246 g/mol. The second-order valence-corrected chi connectivity index (χ2v) is 4.15. The van der Waals surface area contributed by atoms with E-state index in [-0.39, 0.29) is 6.10 Å². The van der Waals surface area contributed by atoms with Crippen LogP contribution in [-0.4, -0.2) is 43.4 Å². The summed E-state index contributed by atoms with van der Waals surface area (Å²) in [7, 11) is 3.30. The Balaban J connectivity index is 2.81. The lowest BCUT2D eigenvalue weighted by Crippen LogP contribution is -2.27. The highest BCUT2D eigenvalue weighted by atomic mass is 16.5. The number of anilines is 2. The third-order valence-electron chi connectivity index (χ3n) is 2.83. The number of nitrogens with two attached hydrogens (primary N) is 1. The molecule has 4 N–H and O–H groups in total. The predicted molar refractivity (Wildman–Crippen MR) is 75.1 cm³/mol. The summed E-state index contributed by atoms with van der Waals surface area (Å²) in [6.07, 6.45) is 0.716. The number of methoxy groups -OCH3 is 2. The van der Waals surface area contributed by atoms with E-state index in [9.17, 15) is 0 Å². The minimum absolute atomic E-state index is 0.0290. The van der Waals surface area contributed by atoms with Crippen LogP contribution in [0, 0.1) is 6.92 Å². The zero-order valence-corrected chi connectivity index (χ0v) is 12.0. The minimum Gasteiger partial charge on any atom is -0.382 e. The standard InChI is InChI=1S/C12H23N5O2/c1-5-10-15-11(8(2)12(16-10)17-13)14-6-9(19-4)7-18-3/h9H,5-7,13H2,1-4H3,(H2,14,15,16,17). The first-order valence-corrected chi connectivity index (χ1v) is 6.25. The molecule has 19 heavy (non-hydrogen) atoms. The Bertz CT molecular complexity index is 400. The van der Waals surface area contributed by atoms with E-state index < -0.39 is 0 Å². The molecule has 0 aliphatic carbocycles. The SMILES string of the molecule is CCc1nc(NN)c(C)c(NCC(COC)OC)n1. The Morgan fingerprint density at radius 2 is 1.95 bits per heavy atom. The molecule has 1 rings (SSSR count). The topological polar surface area (TPSA) is 94.3 Å². The maximum atomic E-state index is 5.46. The first kappa shape index (κ1) is 15.6. The molecule has 0 amide bonds. The van der Waals surface area contributed by atoms with Crippen molar-refractivity contribution in [2.24, 2.45) is 5.84 Å². The molecule has 1 aromatic heterocycles. The van der Waals surface area contributed by atoms with Crippen molar-refractivity contribution >= 4 is 11.6 Å². The molecule has 0 aliphatic rings. The first-order chi connectivity index (χ1) is 9.15. The van der Waals surface area contributed by atoms with E-state index in [1.165, 1.54) is 0 Å². The van der Waals surface area contributed by atoms with Crippen LogP contribution in [0.3, 0.4) is 0 Å². The van der Waals surface area contributed by atoms with Gasteiger partial charge in [-0.25, -0.2) is 15.8 Å². The third-order valence-corrected chi connectivity index (χ3v) is 2.83. The van der Waals surface area contributed by atoms with E-state index in [4.69, 9.17) is 15.3 Å². The number of hydrazine groups is 1. The van der Waals surface area contributed by atoms with Crippen LogP contribution < -0.4 is 16.6 Å². The zero-order chi connectivity index (χ0) is 14.3. The number of hydrogen-bond acceptors (Lipinski definition) is 7. The van der Waals surface area contributed by atoms with Crippen LogP contribution in [0.25, 0.3) is 0 Å². The van der Waals surface area contributed by atoms with Crippen LogP contribution in [0.15, 0.2) is 0 Å². The van der Waals surface area contributed by atoms with E-state index in [1.54, 1.807) is 14.2 Å². The fourth-order valence-electron chi connectivity index (χ4n) is 1.64. The summed E-state index contributed by atoms with van der Waals surface area (Å²) >= 11 is 0. The zero-order valence-electron chi connectivity index (χ0n) is 12.0. The molecule has 1 aromatic rings. The number of hydrogen-bond donors (Lipinski definition) is 3. The van der Waals surface area contributed by atoms with Gasteiger partial charge in [0.15, 0.2) is 0 Å². The molecule has 1 atom stereocenters. The Hall–Kier alpha value is -1.44. The fraction of sp³-hybridized carbons (Fsp3) is 0.667. The van der Waals surface area contributed by atoms with Gasteiger partial charge in [-0.2, -0.15) is 0 Å². The van der Waals surface area contributed by atoms with Gasteiger partial charge in [-0.1, -0.05) is 6.92 Å². The van der Waals surface area contributed by atoms with Crippen LogP contribution in [0.2, 0.25) is 0 Å². The summed E-state index contributed by atoms with van der Waals surface area (Å²) in [4.78, 5) is 8.76. The summed E-state index contributed by atoms with van der Waals surface area (Å²) in [6.45, 7) is 5.04. The Labute approximate surface area is 113 Å². The summed E-state index contributed by atoms with van der Waals surface area (Å²) in [5.41, 5.74) is 3.47. The highest BCUT2D eigenvalue weighted by Gasteiger charge is 2.12.